The van der Waals surface area contributed by atoms with E-state index < -0.39 is 0 Å². The highest BCUT2D eigenvalue weighted by atomic mass is 16.5. The van der Waals surface area contributed by atoms with E-state index in [1.165, 1.54) is 5.56 Å². The topological polar surface area (TPSA) is 109 Å². The zero-order valence-electron chi connectivity index (χ0n) is 23.3. The van der Waals surface area contributed by atoms with Crippen molar-refractivity contribution in [3.8, 4) is 22.6 Å². The van der Waals surface area contributed by atoms with Crippen LogP contribution in [-0.4, -0.2) is 51.1 Å². The first-order chi connectivity index (χ1) is 19.9. The SMILES string of the molecule is Cc1ccc(NC(=O)c2ccc(C3CCN(C)C3)cc2)cc1Nc1nccc(-c2cncc(-c3oncc3C)c2)n1. The van der Waals surface area contributed by atoms with Crippen LogP contribution in [0.4, 0.5) is 17.3 Å². The van der Waals surface area contributed by atoms with Crippen LogP contribution in [-0.2, 0) is 0 Å². The molecule has 4 heterocycles. The number of carbonyl (C=O) groups excluding carboxylic acids is 1. The van der Waals surface area contributed by atoms with Crippen LogP contribution in [0.1, 0.15) is 39.4 Å². The summed E-state index contributed by atoms with van der Waals surface area (Å²) in [7, 11) is 2.15. The maximum atomic E-state index is 13.0. The van der Waals surface area contributed by atoms with E-state index in [-0.39, 0.29) is 5.91 Å². The Morgan fingerprint density at radius 1 is 0.976 bits per heavy atom. The fourth-order valence-corrected chi connectivity index (χ4v) is 5.12. The Balaban J connectivity index is 1.16. The number of nitrogens with zero attached hydrogens (tertiary/aromatic N) is 5. The highest BCUT2D eigenvalue weighted by Gasteiger charge is 2.21. The van der Waals surface area contributed by atoms with E-state index in [2.05, 4.69) is 49.8 Å². The van der Waals surface area contributed by atoms with Gasteiger partial charge in [-0.2, -0.15) is 0 Å². The summed E-state index contributed by atoms with van der Waals surface area (Å²) < 4.78 is 5.39. The van der Waals surface area contributed by atoms with E-state index in [1.54, 1.807) is 24.8 Å². The van der Waals surface area contributed by atoms with Gasteiger partial charge in [0.05, 0.1) is 11.9 Å². The first-order valence-corrected chi connectivity index (χ1v) is 13.6. The van der Waals surface area contributed by atoms with Gasteiger partial charge < -0.3 is 20.1 Å². The van der Waals surface area contributed by atoms with Crippen LogP contribution >= 0.6 is 0 Å². The molecule has 1 aliphatic rings. The molecule has 0 saturated carbocycles. The summed E-state index contributed by atoms with van der Waals surface area (Å²) in [5.74, 6) is 1.49. The van der Waals surface area contributed by atoms with E-state index in [4.69, 9.17) is 9.51 Å². The van der Waals surface area contributed by atoms with E-state index in [1.807, 2.05) is 56.3 Å². The lowest BCUT2D eigenvalue weighted by Gasteiger charge is -2.13. The summed E-state index contributed by atoms with van der Waals surface area (Å²) in [6, 6.07) is 17.5. The average molecular weight is 546 g/mol. The van der Waals surface area contributed by atoms with E-state index in [0.29, 0.717) is 34.6 Å². The molecule has 41 heavy (non-hydrogen) atoms. The second-order valence-electron chi connectivity index (χ2n) is 10.5. The third-order valence-corrected chi connectivity index (χ3v) is 7.48. The molecular weight excluding hydrogens is 514 g/mol. The number of likely N-dealkylation sites (N-methyl/N-ethyl adjacent to an activating group) is 1. The van der Waals surface area contributed by atoms with Gasteiger partial charge in [0.2, 0.25) is 5.95 Å². The number of aromatic nitrogens is 4. The van der Waals surface area contributed by atoms with Crippen molar-refractivity contribution in [2.75, 3.05) is 30.8 Å². The molecule has 0 aliphatic carbocycles. The molecule has 9 heteroatoms. The fraction of sp³-hybridized carbons (Fsp3) is 0.219. The Morgan fingerprint density at radius 3 is 2.56 bits per heavy atom. The molecule has 9 nitrogen and oxygen atoms in total. The molecule has 2 aromatic carbocycles. The third-order valence-electron chi connectivity index (χ3n) is 7.48. The maximum absolute atomic E-state index is 13.0. The molecular formula is C32H31N7O2. The molecule has 0 spiro atoms. The lowest BCUT2D eigenvalue weighted by Crippen LogP contribution is -2.14. The highest BCUT2D eigenvalue weighted by Crippen LogP contribution is 2.29. The number of pyridine rings is 1. The molecule has 0 bridgehead atoms. The van der Waals surface area contributed by atoms with Crippen LogP contribution in [0.3, 0.4) is 0 Å². The minimum absolute atomic E-state index is 0.150. The van der Waals surface area contributed by atoms with Crippen LogP contribution in [0.15, 0.2) is 83.9 Å². The summed E-state index contributed by atoms with van der Waals surface area (Å²) >= 11 is 0. The number of nitrogens with one attached hydrogen (secondary N) is 2. The molecule has 1 atom stereocenters. The van der Waals surface area contributed by atoms with Gasteiger partial charge in [-0.25, -0.2) is 9.97 Å². The average Bonchev–Trinajstić information content (AvgIpc) is 3.63. The first-order valence-electron chi connectivity index (χ1n) is 13.6. The molecule has 3 aromatic heterocycles. The number of amides is 1. The predicted molar refractivity (Wildman–Crippen MR) is 159 cm³/mol. The van der Waals surface area contributed by atoms with E-state index in [9.17, 15) is 4.79 Å². The van der Waals surface area contributed by atoms with Crippen LogP contribution in [0.5, 0.6) is 0 Å². The van der Waals surface area contributed by atoms with Crippen molar-refractivity contribution in [2.24, 2.45) is 0 Å². The van der Waals surface area contributed by atoms with Gasteiger partial charge in [0.25, 0.3) is 5.91 Å². The maximum Gasteiger partial charge on any atom is 0.255 e. The lowest BCUT2D eigenvalue weighted by molar-refractivity contribution is 0.102. The highest BCUT2D eigenvalue weighted by molar-refractivity contribution is 6.04. The fourth-order valence-electron chi connectivity index (χ4n) is 5.12. The van der Waals surface area contributed by atoms with Crippen LogP contribution < -0.4 is 10.6 Å². The van der Waals surface area contributed by atoms with Crippen molar-refractivity contribution in [1.82, 2.24) is 25.0 Å². The van der Waals surface area contributed by atoms with Gasteiger partial charge in [0.1, 0.15) is 0 Å². The van der Waals surface area contributed by atoms with Crippen molar-refractivity contribution in [3.63, 3.8) is 0 Å². The van der Waals surface area contributed by atoms with Gasteiger partial charge in [-0.05, 0) is 87.3 Å². The zero-order valence-corrected chi connectivity index (χ0v) is 23.3. The van der Waals surface area contributed by atoms with Gasteiger partial charge in [0, 0.05) is 58.8 Å². The number of likely N-dealkylation sites (tertiary alicyclic amines) is 1. The summed E-state index contributed by atoms with van der Waals surface area (Å²) in [5, 5.41) is 10.2. The van der Waals surface area contributed by atoms with E-state index in [0.717, 1.165) is 47.5 Å². The number of hydrogen-bond donors (Lipinski definition) is 2. The minimum Gasteiger partial charge on any atom is -0.356 e. The molecule has 1 amide bonds. The van der Waals surface area contributed by atoms with Crippen LogP contribution in [0, 0.1) is 13.8 Å². The summed E-state index contributed by atoms with van der Waals surface area (Å²) in [6.07, 6.45) is 8.02. The Kier molecular flexibility index (Phi) is 7.26. The summed E-state index contributed by atoms with van der Waals surface area (Å²) in [4.78, 5) is 28.8. The second-order valence-corrected chi connectivity index (χ2v) is 10.5. The monoisotopic (exact) mass is 545 g/mol. The number of carbonyl (C=O) groups is 1. The molecule has 2 N–H and O–H groups in total. The largest absolute Gasteiger partial charge is 0.356 e. The van der Waals surface area contributed by atoms with Crippen molar-refractivity contribution in [2.45, 2.75) is 26.2 Å². The first kappa shape index (κ1) is 26.3. The molecule has 6 rings (SSSR count). The number of benzene rings is 2. The Morgan fingerprint density at radius 2 is 1.80 bits per heavy atom. The smallest absolute Gasteiger partial charge is 0.255 e. The van der Waals surface area contributed by atoms with Gasteiger partial charge >= 0.3 is 0 Å². The molecule has 1 fully saturated rings. The number of rotatable bonds is 7. The Hall–Kier alpha value is -4.89. The standard InChI is InChI=1S/C32H31N7O2/c1-20-4-9-27(36-31(40)23-7-5-22(6-8-23)24-11-13-39(3)19-24)15-29(20)38-32-34-12-10-28(37-32)25-14-26(18-33-17-25)30-21(2)16-35-41-30/h4-10,12,14-18,24H,11,13,19H2,1-3H3,(H,36,40)(H,34,37,38). The molecule has 1 unspecified atom stereocenters. The molecule has 1 saturated heterocycles. The van der Waals surface area contributed by atoms with Gasteiger partial charge in [0.15, 0.2) is 5.76 Å². The van der Waals surface area contributed by atoms with Crippen molar-refractivity contribution < 1.29 is 9.32 Å². The Labute approximate surface area is 238 Å². The zero-order chi connectivity index (χ0) is 28.3. The second kappa shape index (κ2) is 11.3. The number of hydrogen-bond acceptors (Lipinski definition) is 8. The van der Waals surface area contributed by atoms with Crippen LogP contribution in [0.2, 0.25) is 0 Å². The molecule has 0 radical (unpaired) electrons. The quantitative estimate of drug-likeness (QED) is 0.248. The minimum atomic E-state index is -0.150. The summed E-state index contributed by atoms with van der Waals surface area (Å²) in [6.45, 7) is 6.10. The summed E-state index contributed by atoms with van der Waals surface area (Å²) in [5.41, 5.74) is 7.68. The number of aryl methyl sites for hydroxylation is 2. The van der Waals surface area contributed by atoms with Crippen molar-refractivity contribution in [3.05, 3.63) is 102 Å². The van der Waals surface area contributed by atoms with Gasteiger partial charge in [-0.1, -0.05) is 23.4 Å². The van der Waals surface area contributed by atoms with Crippen molar-refractivity contribution >= 4 is 23.2 Å². The van der Waals surface area contributed by atoms with Gasteiger partial charge in [-0.15, -0.1) is 0 Å². The third kappa shape index (κ3) is 5.85. The van der Waals surface area contributed by atoms with E-state index >= 15 is 0 Å². The Bertz CT molecular complexity index is 1700. The number of anilines is 3. The molecule has 206 valence electrons. The van der Waals surface area contributed by atoms with Crippen LogP contribution in [0.25, 0.3) is 22.6 Å². The normalized spacial score (nSPS) is 15.1. The predicted octanol–water partition coefficient (Wildman–Crippen LogP) is 6.23. The van der Waals surface area contributed by atoms with Crippen molar-refractivity contribution in [1.29, 1.82) is 0 Å². The molecule has 1 aliphatic heterocycles. The molecule has 5 aromatic rings. The van der Waals surface area contributed by atoms with Gasteiger partial charge in [-0.3, -0.25) is 9.78 Å². The lowest BCUT2D eigenvalue weighted by atomic mass is 9.97.